The molecule has 184 valence electrons. The van der Waals surface area contributed by atoms with Crippen LogP contribution in [0.2, 0.25) is 0 Å². The average Bonchev–Trinajstić information content (AvgIpc) is 3.17. The Hall–Kier alpha value is -4.13. The predicted molar refractivity (Wildman–Crippen MR) is 137 cm³/mol. The van der Waals surface area contributed by atoms with Crippen LogP contribution in [0, 0.1) is 6.92 Å². The molecule has 0 N–H and O–H groups in total. The van der Waals surface area contributed by atoms with Crippen molar-refractivity contribution in [3.63, 3.8) is 0 Å². The monoisotopic (exact) mass is 484 g/mol. The first kappa shape index (κ1) is 23.6. The van der Waals surface area contributed by atoms with Crippen molar-refractivity contribution in [3.8, 4) is 11.5 Å². The van der Waals surface area contributed by atoms with Crippen LogP contribution in [0.25, 0.3) is 11.0 Å². The minimum atomic E-state index is -0.646. The number of aromatic nitrogens is 1. The fourth-order valence-electron chi connectivity index (χ4n) is 4.63. The maximum absolute atomic E-state index is 13.8. The summed E-state index contributed by atoms with van der Waals surface area (Å²) in [5, 5.41) is 0.460. The lowest BCUT2D eigenvalue weighted by atomic mass is 9.97. The van der Waals surface area contributed by atoms with Crippen molar-refractivity contribution in [2.75, 3.05) is 13.7 Å². The van der Waals surface area contributed by atoms with Gasteiger partial charge >= 0.3 is 0 Å². The first-order valence-corrected chi connectivity index (χ1v) is 12.1. The van der Waals surface area contributed by atoms with Gasteiger partial charge in [-0.25, -0.2) is 0 Å². The van der Waals surface area contributed by atoms with Crippen LogP contribution in [0.4, 0.5) is 0 Å². The van der Waals surface area contributed by atoms with Crippen molar-refractivity contribution < 1.29 is 18.7 Å². The van der Waals surface area contributed by atoms with E-state index in [9.17, 15) is 9.59 Å². The highest BCUT2D eigenvalue weighted by atomic mass is 16.5. The summed E-state index contributed by atoms with van der Waals surface area (Å²) < 4.78 is 17.6. The van der Waals surface area contributed by atoms with E-state index < -0.39 is 6.04 Å². The van der Waals surface area contributed by atoms with Crippen molar-refractivity contribution in [2.24, 2.45) is 0 Å². The van der Waals surface area contributed by atoms with E-state index in [1.54, 1.807) is 36.5 Å². The van der Waals surface area contributed by atoms with Crippen LogP contribution in [-0.4, -0.2) is 29.5 Å². The largest absolute Gasteiger partial charge is 0.493 e. The number of aryl methyl sites for hydroxylation is 1. The van der Waals surface area contributed by atoms with E-state index in [4.69, 9.17) is 13.9 Å². The zero-order valence-electron chi connectivity index (χ0n) is 20.6. The summed E-state index contributed by atoms with van der Waals surface area (Å²) in [6, 6.07) is 14.0. The summed E-state index contributed by atoms with van der Waals surface area (Å²) in [7, 11) is 1.58. The molecule has 0 unspecified atom stereocenters. The van der Waals surface area contributed by atoms with Crippen molar-refractivity contribution >= 4 is 16.9 Å². The first-order chi connectivity index (χ1) is 17.5. The van der Waals surface area contributed by atoms with E-state index in [-0.39, 0.29) is 23.6 Å². The number of methoxy groups -OCH3 is 1. The van der Waals surface area contributed by atoms with Crippen molar-refractivity contribution in [1.29, 1.82) is 0 Å². The maximum atomic E-state index is 13.8. The Bertz CT molecular complexity index is 1480. The second-order valence-corrected chi connectivity index (χ2v) is 8.98. The predicted octanol–water partition coefficient (Wildman–Crippen LogP) is 5.43. The molecule has 0 bridgehead atoms. The molecule has 0 saturated carbocycles. The molecule has 4 aromatic rings. The summed E-state index contributed by atoms with van der Waals surface area (Å²) in [5.74, 6) is 0.916. The van der Waals surface area contributed by atoms with E-state index in [0.717, 1.165) is 29.5 Å². The Morgan fingerprint density at radius 1 is 1.08 bits per heavy atom. The van der Waals surface area contributed by atoms with Crippen LogP contribution in [0.1, 0.15) is 58.6 Å². The van der Waals surface area contributed by atoms with Gasteiger partial charge in [0.15, 0.2) is 16.9 Å². The second kappa shape index (κ2) is 9.85. The summed E-state index contributed by atoms with van der Waals surface area (Å²) in [6.45, 7) is 4.88. The molecule has 7 heteroatoms. The van der Waals surface area contributed by atoms with Crippen LogP contribution < -0.4 is 14.9 Å². The maximum Gasteiger partial charge on any atom is 0.291 e. The minimum Gasteiger partial charge on any atom is -0.493 e. The molecule has 0 fully saturated rings. The molecular formula is C29H28N2O5. The highest BCUT2D eigenvalue weighted by Crippen LogP contribution is 2.41. The minimum absolute atomic E-state index is 0.0764. The van der Waals surface area contributed by atoms with Crippen LogP contribution >= 0.6 is 0 Å². The number of benzene rings is 2. The molecule has 5 rings (SSSR count). The quantitative estimate of drug-likeness (QED) is 0.310. The molecule has 7 nitrogen and oxygen atoms in total. The van der Waals surface area contributed by atoms with Gasteiger partial charge in [-0.05, 0) is 54.8 Å². The summed E-state index contributed by atoms with van der Waals surface area (Å²) in [6.07, 6.45) is 5.35. The van der Waals surface area contributed by atoms with E-state index in [0.29, 0.717) is 34.6 Å². The number of nitrogens with zero attached hydrogens (tertiary/aromatic N) is 2. The zero-order valence-corrected chi connectivity index (χ0v) is 20.6. The van der Waals surface area contributed by atoms with Crippen LogP contribution in [-0.2, 0) is 6.54 Å². The van der Waals surface area contributed by atoms with Crippen LogP contribution in [0.15, 0.2) is 70.1 Å². The Kier molecular flexibility index (Phi) is 6.46. The summed E-state index contributed by atoms with van der Waals surface area (Å²) in [4.78, 5) is 33.3. The smallest absolute Gasteiger partial charge is 0.291 e. The number of fused-ring (bicyclic) bond motifs is 2. The number of carbonyl (C=O) groups excluding carboxylic acids is 1. The number of pyridine rings is 1. The molecule has 2 aromatic heterocycles. The summed E-state index contributed by atoms with van der Waals surface area (Å²) >= 11 is 0. The molecule has 0 aliphatic carbocycles. The molecular weight excluding hydrogens is 456 g/mol. The number of ether oxygens (including phenoxy) is 2. The molecule has 36 heavy (non-hydrogen) atoms. The van der Waals surface area contributed by atoms with Gasteiger partial charge in [0.2, 0.25) is 5.76 Å². The number of hydrogen-bond acceptors (Lipinski definition) is 6. The second-order valence-electron chi connectivity index (χ2n) is 8.98. The molecule has 1 aliphatic heterocycles. The molecule has 0 saturated heterocycles. The fourth-order valence-corrected chi connectivity index (χ4v) is 4.63. The molecule has 0 spiro atoms. The Morgan fingerprint density at radius 2 is 1.94 bits per heavy atom. The third-order valence-corrected chi connectivity index (χ3v) is 6.46. The molecule has 1 aliphatic rings. The lowest BCUT2D eigenvalue weighted by molar-refractivity contribution is 0.0714. The molecule has 2 aromatic carbocycles. The zero-order chi connectivity index (χ0) is 25.2. The van der Waals surface area contributed by atoms with Gasteiger partial charge in [0.05, 0.1) is 30.7 Å². The highest BCUT2D eigenvalue weighted by molar-refractivity contribution is 5.99. The van der Waals surface area contributed by atoms with Gasteiger partial charge in [-0.1, -0.05) is 37.1 Å². The Labute approximate surface area is 209 Å². The first-order valence-electron chi connectivity index (χ1n) is 12.1. The molecule has 0 radical (unpaired) electrons. The number of carbonyl (C=O) groups is 1. The van der Waals surface area contributed by atoms with Gasteiger partial charge in [0.25, 0.3) is 5.91 Å². The van der Waals surface area contributed by atoms with E-state index >= 15 is 0 Å². The fraction of sp³-hybridized carbons (Fsp3) is 0.276. The van der Waals surface area contributed by atoms with Gasteiger partial charge in [-0.3, -0.25) is 14.6 Å². The van der Waals surface area contributed by atoms with E-state index in [1.807, 2.05) is 43.3 Å². The Morgan fingerprint density at radius 3 is 2.69 bits per heavy atom. The van der Waals surface area contributed by atoms with Crippen molar-refractivity contribution in [2.45, 2.75) is 39.3 Å². The Balaban J connectivity index is 1.66. The number of amides is 1. The lowest BCUT2D eigenvalue weighted by Crippen LogP contribution is -2.29. The standard InChI is InChI=1S/C29H28N2O5/c1-4-5-13-35-23-11-9-20(15-24(23)34-3)26-25-27(32)21-14-18(2)8-10-22(21)36-28(25)29(33)31(26)17-19-7-6-12-30-16-19/h6-12,14-16,26H,4-5,13,17H2,1-3H3/t26-/m1/s1. The van der Waals surface area contributed by atoms with Gasteiger partial charge in [0.1, 0.15) is 5.58 Å². The van der Waals surface area contributed by atoms with Gasteiger partial charge in [-0.2, -0.15) is 0 Å². The van der Waals surface area contributed by atoms with E-state index in [2.05, 4.69) is 11.9 Å². The van der Waals surface area contributed by atoms with Crippen LogP contribution in [0.5, 0.6) is 11.5 Å². The number of rotatable bonds is 8. The SMILES string of the molecule is CCCCOc1ccc([C@@H]2c3c(oc4ccc(C)cc4c3=O)C(=O)N2Cc2cccnc2)cc1OC. The number of hydrogen-bond donors (Lipinski definition) is 0. The molecule has 1 amide bonds. The van der Waals surface area contributed by atoms with Gasteiger partial charge in [-0.15, -0.1) is 0 Å². The molecule has 3 heterocycles. The average molecular weight is 485 g/mol. The van der Waals surface area contributed by atoms with Crippen molar-refractivity contribution in [3.05, 3.63) is 99.2 Å². The van der Waals surface area contributed by atoms with Gasteiger partial charge in [0, 0.05) is 18.9 Å². The number of unbranched alkanes of at least 4 members (excludes halogenated alkanes) is 1. The van der Waals surface area contributed by atoms with Gasteiger partial charge < -0.3 is 18.8 Å². The third kappa shape index (κ3) is 4.21. The summed E-state index contributed by atoms with van der Waals surface area (Å²) in [5.41, 5.74) is 3.07. The van der Waals surface area contributed by atoms with Crippen LogP contribution in [0.3, 0.4) is 0 Å². The lowest BCUT2D eigenvalue weighted by Gasteiger charge is -2.26. The van der Waals surface area contributed by atoms with Crippen molar-refractivity contribution in [1.82, 2.24) is 9.88 Å². The normalized spacial score (nSPS) is 14.8. The third-order valence-electron chi connectivity index (χ3n) is 6.46. The topological polar surface area (TPSA) is 81.9 Å². The highest BCUT2D eigenvalue weighted by Gasteiger charge is 2.43. The van der Waals surface area contributed by atoms with E-state index in [1.165, 1.54) is 0 Å². The molecule has 1 atom stereocenters.